The SMILES string of the molecule is Cc1ccc(-c2ccc(C#CC(C)(C)O)nc2C(N)Cc2cc(F)cc(F)c2)c2c1c(N)nn2C. The fourth-order valence-corrected chi connectivity index (χ4v) is 4.18. The summed E-state index contributed by atoms with van der Waals surface area (Å²) < 4.78 is 29.3. The molecule has 0 spiro atoms. The maximum Gasteiger partial charge on any atom is 0.153 e. The number of anilines is 1. The lowest BCUT2D eigenvalue weighted by Crippen LogP contribution is -2.17. The number of halogens is 2. The van der Waals surface area contributed by atoms with Crippen molar-refractivity contribution >= 4 is 16.7 Å². The van der Waals surface area contributed by atoms with Crippen molar-refractivity contribution in [1.29, 1.82) is 0 Å². The van der Waals surface area contributed by atoms with Crippen molar-refractivity contribution in [3.05, 3.63) is 76.6 Å². The quantitative estimate of drug-likeness (QED) is 0.385. The number of aliphatic hydroxyl groups is 1. The molecule has 0 aliphatic carbocycles. The van der Waals surface area contributed by atoms with Gasteiger partial charge in [0.2, 0.25) is 0 Å². The molecule has 0 bridgehead atoms. The van der Waals surface area contributed by atoms with Crippen LogP contribution in [0.4, 0.5) is 14.6 Å². The first-order valence-corrected chi connectivity index (χ1v) is 11.1. The van der Waals surface area contributed by atoms with Crippen LogP contribution in [0.1, 0.15) is 42.4 Å². The molecule has 0 saturated carbocycles. The minimum Gasteiger partial charge on any atom is -0.382 e. The summed E-state index contributed by atoms with van der Waals surface area (Å²) in [6, 6.07) is 10.1. The van der Waals surface area contributed by atoms with Crippen LogP contribution in [-0.4, -0.2) is 25.5 Å². The Morgan fingerprint density at radius 2 is 1.74 bits per heavy atom. The Balaban J connectivity index is 1.90. The first kappa shape index (κ1) is 24.3. The van der Waals surface area contributed by atoms with Gasteiger partial charge in [0.25, 0.3) is 0 Å². The second-order valence-electron chi connectivity index (χ2n) is 9.19. The largest absolute Gasteiger partial charge is 0.382 e. The Morgan fingerprint density at radius 1 is 1.09 bits per heavy atom. The van der Waals surface area contributed by atoms with Crippen LogP contribution in [0.15, 0.2) is 42.5 Å². The molecule has 4 rings (SSSR count). The van der Waals surface area contributed by atoms with E-state index in [1.165, 1.54) is 12.1 Å². The Bertz CT molecular complexity index is 1470. The van der Waals surface area contributed by atoms with Crippen LogP contribution in [0.25, 0.3) is 22.0 Å². The van der Waals surface area contributed by atoms with Gasteiger partial charge in [-0.2, -0.15) is 5.10 Å². The molecule has 2 heterocycles. The lowest BCUT2D eigenvalue weighted by molar-refractivity contribution is 0.143. The topological polar surface area (TPSA) is 103 Å². The zero-order valence-electron chi connectivity index (χ0n) is 20.0. The minimum atomic E-state index is -1.20. The monoisotopic (exact) mass is 475 g/mol. The molecule has 4 aromatic rings. The van der Waals surface area contributed by atoms with E-state index in [2.05, 4.69) is 16.9 Å². The van der Waals surface area contributed by atoms with Crippen LogP contribution in [0.3, 0.4) is 0 Å². The molecule has 0 radical (unpaired) electrons. The van der Waals surface area contributed by atoms with Crippen LogP contribution in [0.5, 0.6) is 0 Å². The molecule has 1 atom stereocenters. The summed E-state index contributed by atoms with van der Waals surface area (Å²) in [7, 11) is 1.81. The number of fused-ring (bicyclic) bond motifs is 1. The fourth-order valence-electron chi connectivity index (χ4n) is 4.18. The second-order valence-corrected chi connectivity index (χ2v) is 9.19. The molecule has 0 saturated heterocycles. The highest BCUT2D eigenvalue weighted by atomic mass is 19.1. The van der Waals surface area contributed by atoms with Gasteiger partial charge in [0, 0.05) is 29.6 Å². The van der Waals surface area contributed by atoms with Crippen molar-refractivity contribution in [3.63, 3.8) is 0 Å². The third-order valence-electron chi connectivity index (χ3n) is 5.66. The van der Waals surface area contributed by atoms with E-state index in [0.717, 1.165) is 33.7 Å². The zero-order chi connectivity index (χ0) is 25.5. The lowest BCUT2D eigenvalue weighted by atomic mass is 9.93. The number of aryl methyl sites for hydroxylation is 2. The molecule has 1 unspecified atom stereocenters. The molecule has 0 aliphatic rings. The lowest BCUT2D eigenvalue weighted by Gasteiger charge is -2.18. The van der Waals surface area contributed by atoms with Gasteiger partial charge < -0.3 is 16.6 Å². The highest BCUT2D eigenvalue weighted by Crippen LogP contribution is 2.36. The molecule has 0 fully saturated rings. The summed E-state index contributed by atoms with van der Waals surface area (Å²) >= 11 is 0. The van der Waals surface area contributed by atoms with Crippen molar-refractivity contribution in [2.24, 2.45) is 12.8 Å². The maximum atomic E-state index is 13.8. The zero-order valence-corrected chi connectivity index (χ0v) is 20.0. The molecule has 2 aromatic heterocycles. The fraction of sp³-hybridized carbons (Fsp3) is 0.259. The molecule has 5 N–H and O–H groups in total. The number of hydrogen-bond donors (Lipinski definition) is 3. The number of nitrogens with two attached hydrogens (primary N) is 2. The number of rotatable bonds is 4. The first-order chi connectivity index (χ1) is 16.4. The van der Waals surface area contributed by atoms with Gasteiger partial charge in [-0.3, -0.25) is 4.68 Å². The van der Waals surface area contributed by atoms with E-state index < -0.39 is 23.3 Å². The Kier molecular flexibility index (Phi) is 6.32. The van der Waals surface area contributed by atoms with Gasteiger partial charge in [-0.1, -0.05) is 18.1 Å². The average Bonchev–Trinajstić information content (AvgIpc) is 3.06. The van der Waals surface area contributed by atoms with Gasteiger partial charge in [-0.05, 0) is 68.5 Å². The number of nitrogen functional groups attached to an aromatic ring is 1. The van der Waals surface area contributed by atoms with E-state index in [4.69, 9.17) is 16.5 Å². The van der Waals surface area contributed by atoms with E-state index in [1.54, 1.807) is 24.6 Å². The van der Waals surface area contributed by atoms with Gasteiger partial charge in [-0.25, -0.2) is 13.8 Å². The third-order valence-corrected chi connectivity index (χ3v) is 5.66. The van der Waals surface area contributed by atoms with Crippen LogP contribution in [0.2, 0.25) is 0 Å². The molecule has 35 heavy (non-hydrogen) atoms. The van der Waals surface area contributed by atoms with Crippen LogP contribution < -0.4 is 11.5 Å². The molecule has 0 amide bonds. The molecule has 2 aromatic carbocycles. The number of hydrogen-bond acceptors (Lipinski definition) is 5. The van der Waals surface area contributed by atoms with E-state index in [0.29, 0.717) is 22.8 Å². The summed E-state index contributed by atoms with van der Waals surface area (Å²) in [4.78, 5) is 4.70. The molecule has 0 aliphatic heterocycles. The number of aromatic nitrogens is 3. The maximum absolute atomic E-state index is 13.8. The summed E-state index contributed by atoms with van der Waals surface area (Å²) in [6.07, 6.45) is 0.152. The number of pyridine rings is 1. The predicted molar refractivity (Wildman–Crippen MR) is 133 cm³/mol. The number of nitrogens with zero attached hydrogens (tertiary/aromatic N) is 3. The number of benzene rings is 2. The van der Waals surface area contributed by atoms with Gasteiger partial charge in [-0.15, -0.1) is 0 Å². The van der Waals surface area contributed by atoms with E-state index in [1.807, 2.05) is 32.2 Å². The molecule has 6 nitrogen and oxygen atoms in total. The van der Waals surface area contributed by atoms with Gasteiger partial charge >= 0.3 is 0 Å². The highest BCUT2D eigenvalue weighted by Gasteiger charge is 2.21. The predicted octanol–water partition coefficient (Wildman–Crippen LogP) is 4.17. The highest BCUT2D eigenvalue weighted by molar-refractivity contribution is 6.02. The standard InChI is InChI=1S/C27H27F2N5O/c1-15-5-7-21(25-23(15)26(31)33-34(25)4)20-8-6-19(9-10-27(2,3)35)32-24(20)22(30)13-16-11-17(28)14-18(29)12-16/h5-8,11-12,14,22,35H,13,30H2,1-4H3,(H2,31,33). The molecule has 8 heteroatoms. The molecular formula is C27H27F2N5O. The van der Waals surface area contributed by atoms with Crippen molar-refractivity contribution in [3.8, 4) is 23.0 Å². The van der Waals surface area contributed by atoms with Gasteiger partial charge in [0.05, 0.1) is 17.3 Å². The first-order valence-electron chi connectivity index (χ1n) is 11.1. The minimum absolute atomic E-state index is 0.152. The Hall–Kier alpha value is -3.80. The molecule has 180 valence electrons. The van der Waals surface area contributed by atoms with Crippen LogP contribution >= 0.6 is 0 Å². The van der Waals surface area contributed by atoms with Crippen LogP contribution in [-0.2, 0) is 13.5 Å². The summed E-state index contributed by atoms with van der Waals surface area (Å²) in [6.45, 7) is 5.12. The smallest absolute Gasteiger partial charge is 0.153 e. The van der Waals surface area contributed by atoms with Crippen LogP contribution in [0, 0.1) is 30.4 Å². The summed E-state index contributed by atoms with van der Waals surface area (Å²) in [5, 5.41) is 15.2. The second kappa shape index (κ2) is 9.10. The van der Waals surface area contributed by atoms with E-state index in [9.17, 15) is 13.9 Å². The Labute approximate surface area is 202 Å². The Morgan fingerprint density at radius 3 is 2.40 bits per heavy atom. The van der Waals surface area contributed by atoms with Gasteiger partial charge in [0.1, 0.15) is 22.9 Å². The van der Waals surface area contributed by atoms with Crippen molar-refractivity contribution in [2.45, 2.75) is 38.8 Å². The summed E-state index contributed by atoms with van der Waals surface area (Å²) in [5.74, 6) is 4.71. The van der Waals surface area contributed by atoms with E-state index in [-0.39, 0.29) is 6.42 Å². The van der Waals surface area contributed by atoms with Crippen molar-refractivity contribution in [1.82, 2.24) is 14.8 Å². The summed E-state index contributed by atoms with van der Waals surface area (Å²) in [5.41, 5.74) is 16.2. The van der Waals surface area contributed by atoms with Crippen molar-refractivity contribution < 1.29 is 13.9 Å². The van der Waals surface area contributed by atoms with Crippen molar-refractivity contribution in [2.75, 3.05) is 5.73 Å². The van der Waals surface area contributed by atoms with E-state index >= 15 is 0 Å². The normalized spacial score (nSPS) is 12.5. The average molecular weight is 476 g/mol. The third kappa shape index (κ3) is 5.16. The molecular weight excluding hydrogens is 448 g/mol. The van der Waals surface area contributed by atoms with Gasteiger partial charge in [0.15, 0.2) is 5.82 Å².